The first-order valence-electron chi connectivity index (χ1n) is 7.09. The predicted octanol–water partition coefficient (Wildman–Crippen LogP) is 2.45. The number of rotatable bonds is 3. The van der Waals surface area contributed by atoms with Gasteiger partial charge in [-0.05, 0) is 36.6 Å². The first kappa shape index (κ1) is 16.4. The van der Waals surface area contributed by atoms with E-state index in [2.05, 4.69) is 5.32 Å². The van der Waals surface area contributed by atoms with Gasteiger partial charge in [-0.2, -0.15) is 0 Å². The Kier molecular flexibility index (Phi) is 5.02. The molecule has 1 aromatic carbocycles. The summed E-state index contributed by atoms with van der Waals surface area (Å²) >= 11 is 5.96. The molecule has 0 bridgehead atoms. The number of carbonyl (C=O) groups excluding carboxylic acids is 1. The molecule has 6 heteroatoms. The van der Waals surface area contributed by atoms with Crippen molar-refractivity contribution in [2.75, 3.05) is 6.54 Å². The van der Waals surface area contributed by atoms with Gasteiger partial charge < -0.3 is 15.8 Å². The number of carbonyl (C=O) groups is 1. The standard InChI is InChI=1S/C15H19ClN2O2.ClH/c16-11-3-4-12-10(7-11)8-13(20-12)14(19)18-15(9-17)5-1-2-6-15;/h3-4,7,13H,1-2,5-6,8-9,17H2,(H,18,19);1H. The number of ether oxygens (including phenoxy) is 1. The summed E-state index contributed by atoms with van der Waals surface area (Å²) < 4.78 is 5.71. The fraction of sp³-hybridized carbons (Fsp3) is 0.533. The Hall–Kier alpha value is -0.970. The van der Waals surface area contributed by atoms with Gasteiger partial charge in [-0.15, -0.1) is 12.4 Å². The SMILES string of the molecule is Cl.NCC1(NC(=O)C2Cc3cc(Cl)ccc3O2)CCCC1. The van der Waals surface area contributed by atoms with E-state index < -0.39 is 6.10 Å². The van der Waals surface area contributed by atoms with Gasteiger partial charge in [0.2, 0.25) is 0 Å². The predicted molar refractivity (Wildman–Crippen MR) is 85.2 cm³/mol. The van der Waals surface area contributed by atoms with Gasteiger partial charge in [0.15, 0.2) is 6.10 Å². The van der Waals surface area contributed by atoms with E-state index in [4.69, 9.17) is 22.1 Å². The first-order chi connectivity index (χ1) is 9.62. The molecule has 1 aliphatic carbocycles. The third-order valence-electron chi connectivity index (χ3n) is 4.33. The zero-order valence-corrected chi connectivity index (χ0v) is 13.3. The van der Waals surface area contributed by atoms with Gasteiger partial charge >= 0.3 is 0 Å². The minimum atomic E-state index is -0.465. The Morgan fingerprint density at radius 3 is 2.81 bits per heavy atom. The second-order valence-corrected chi connectivity index (χ2v) is 6.18. The van der Waals surface area contributed by atoms with E-state index in [1.165, 1.54) is 0 Å². The fourth-order valence-electron chi connectivity index (χ4n) is 3.14. The molecule has 4 nitrogen and oxygen atoms in total. The molecule has 21 heavy (non-hydrogen) atoms. The molecule has 0 aromatic heterocycles. The van der Waals surface area contributed by atoms with Gasteiger partial charge in [-0.25, -0.2) is 0 Å². The summed E-state index contributed by atoms with van der Waals surface area (Å²) in [5.74, 6) is 0.687. The normalized spacial score (nSPS) is 22.1. The first-order valence-corrected chi connectivity index (χ1v) is 7.47. The maximum Gasteiger partial charge on any atom is 0.261 e. The number of nitrogens with two attached hydrogens (primary N) is 1. The molecule has 1 atom stereocenters. The van der Waals surface area contributed by atoms with Crippen LogP contribution in [0, 0.1) is 0 Å². The summed E-state index contributed by atoms with van der Waals surface area (Å²) in [4.78, 5) is 12.4. The van der Waals surface area contributed by atoms with E-state index in [0.29, 0.717) is 18.0 Å². The van der Waals surface area contributed by atoms with Crippen molar-refractivity contribution in [1.82, 2.24) is 5.32 Å². The van der Waals surface area contributed by atoms with Crippen molar-refractivity contribution in [3.8, 4) is 5.75 Å². The van der Waals surface area contributed by atoms with E-state index in [9.17, 15) is 4.79 Å². The minimum absolute atomic E-state index is 0. The van der Waals surface area contributed by atoms with Crippen LogP contribution in [-0.4, -0.2) is 24.1 Å². The topological polar surface area (TPSA) is 64.3 Å². The molecule has 0 spiro atoms. The van der Waals surface area contributed by atoms with Crippen LogP contribution in [-0.2, 0) is 11.2 Å². The van der Waals surface area contributed by atoms with Gasteiger partial charge in [0, 0.05) is 18.0 Å². The van der Waals surface area contributed by atoms with Crippen molar-refractivity contribution < 1.29 is 9.53 Å². The van der Waals surface area contributed by atoms with E-state index in [-0.39, 0.29) is 23.9 Å². The Morgan fingerprint density at radius 1 is 1.43 bits per heavy atom. The molecule has 1 unspecified atom stereocenters. The highest BCUT2D eigenvalue weighted by Gasteiger charge is 2.38. The highest BCUT2D eigenvalue weighted by Crippen LogP contribution is 2.33. The number of nitrogens with one attached hydrogen (secondary N) is 1. The van der Waals surface area contributed by atoms with Crippen molar-refractivity contribution in [2.24, 2.45) is 5.73 Å². The van der Waals surface area contributed by atoms with Crippen LogP contribution in [0.3, 0.4) is 0 Å². The van der Waals surface area contributed by atoms with E-state index in [1.54, 1.807) is 6.07 Å². The van der Waals surface area contributed by atoms with Crippen molar-refractivity contribution >= 4 is 29.9 Å². The molecule has 3 rings (SSSR count). The quantitative estimate of drug-likeness (QED) is 0.894. The summed E-state index contributed by atoms with van der Waals surface area (Å²) in [7, 11) is 0. The Morgan fingerprint density at radius 2 is 2.14 bits per heavy atom. The van der Waals surface area contributed by atoms with Crippen LogP contribution in [0.1, 0.15) is 31.2 Å². The average Bonchev–Trinajstić information content (AvgIpc) is 3.05. The van der Waals surface area contributed by atoms with Crippen molar-refractivity contribution in [2.45, 2.75) is 43.7 Å². The smallest absolute Gasteiger partial charge is 0.261 e. The van der Waals surface area contributed by atoms with Crippen molar-refractivity contribution in [1.29, 1.82) is 0 Å². The van der Waals surface area contributed by atoms with Gasteiger partial charge in [0.25, 0.3) is 5.91 Å². The number of fused-ring (bicyclic) bond motifs is 1. The highest BCUT2D eigenvalue weighted by molar-refractivity contribution is 6.30. The van der Waals surface area contributed by atoms with Crippen LogP contribution < -0.4 is 15.8 Å². The van der Waals surface area contributed by atoms with E-state index >= 15 is 0 Å². The van der Waals surface area contributed by atoms with Crippen molar-refractivity contribution in [3.63, 3.8) is 0 Å². The maximum atomic E-state index is 12.4. The lowest BCUT2D eigenvalue weighted by Crippen LogP contribution is -2.55. The molecule has 3 N–H and O–H groups in total. The van der Waals surface area contributed by atoms with E-state index in [1.807, 2.05) is 12.1 Å². The Bertz CT molecular complexity index is 530. The molecule has 1 aromatic rings. The molecule has 0 radical (unpaired) electrons. The molecule has 1 saturated carbocycles. The Labute approximate surface area is 135 Å². The molecule has 1 fully saturated rings. The monoisotopic (exact) mass is 330 g/mol. The minimum Gasteiger partial charge on any atom is -0.480 e. The second-order valence-electron chi connectivity index (χ2n) is 5.74. The zero-order valence-electron chi connectivity index (χ0n) is 11.7. The van der Waals surface area contributed by atoms with Crippen molar-refractivity contribution in [3.05, 3.63) is 28.8 Å². The van der Waals surface area contributed by atoms with Gasteiger partial charge in [0.1, 0.15) is 5.75 Å². The van der Waals surface area contributed by atoms with Crippen LogP contribution in [0.25, 0.3) is 0 Å². The molecular formula is C15H20Cl2N2O2. The summed E-state index contributed by atoms with van der Waals surface area (Å²) in [6.45, 7) is 0.490. The number of hydrogen-bond acceptors (Lipinski definition) is 3. The van der Waals surface area contributed by atoms with Crippen LogP contribution in [0.15, 0.2) is 18.2 Å². The van der Waals surface area contributed by atoms with Gasteiger partial charge in [0.05, 0.1) is 5.54 Å². The molecule has 116 valence electrons. The number of hydrogen-bond donors (Lipinski definition) is 2. The van der Waals surface area contributed by atoms with Gasteiger partial charge in [-0.1, -0.05) is 24.4 Å². The number of benzene rings is 1. The zero-order chi connectivity index (χ0) is 14.2. The lowest BCUT2D eigenvalue weighted by Gasteiger charge is -2.29. The summed E-state index contributed by atoms with van der Waals surface area (Å²) in [5.41, 5.74) is 6.61. The number of amides is 1. The van der Waals surface area contributed by atoms with Crippen LogP contribution in [0.4, 0.5) is 0 Å². The summed E-state index contributed by atoms with van der Waals surface area (Å²) in [5, 5.41) is 3.78. The molecule has 2 aliphatic rings. The van der Waals surface area contributed by atoms with Crippen LogP contribution in [0.5, 0.6) is 5.75 Å². The average molecular weight is 331 g/mol. The molecule has 1 aliphatic heterocycles. The van der Waals surface area contributed by atoms with Crippen LogP contribution >= 0.6 is 24.0 Å². The molecule has 1 heterocycles. The molecule has 0 saturated heterocycles. The van der Waals surface area contributed by atoms with Crippen LogP contribution in [0.2, 0.25) is 5.02 Å². The summed E-state index contributed by atoms with van der Waals surface area (Å²) in [6.07, 6.45) is 4.27. The fourth-order valence-corrected chi connectivity index (χ4v) is 3.33. The lowest BCUT2D eigenvalue weighted by atomic mass is 9.97. The summed E-state index contributed by atoms with van der Waals surface area (Å²) in [6, 6.07) is 5.46. The third-order valence-corrected chi connectivity index (χ3v) is 4.56. The highest BCUT2D eigenvalue weighted by atomic mass is 35.5. The Balaban J connectivity index is 0.00000161. The maximum absolute atomic E-state index is 12.4. The largest absolute Gasteiger partial charge is 0.480 e. The molecule has 1 amide bonds. The third kappa shape index (κ3) is 3.28. The number of halogens is 2. The molecular weight excluding hydrogens is 311 g/mol. The van der Waals surface area contributed by atoms with E-state index in [0.717, 1.165) is 37.0 Å². The lowest BCUT2D eigenvalue weighted by molar-refractivity contribution is -0.129. The second kappa shape index (κ2) is 6.42. The van der Waals surface area contributed by atoms with Gasteiger partial charge in [-0.3, -0.25) is 4.79 Å².